The third-order valence-corrected chi connectivity index (χ3v) is 4.29. The van der Waals surface area contributed by atoms with Crippen LogP contribution in [-0.2, 0) is 27.2 Å². The topological polar surface area (TPSA) is 43.4 Å². The summed E-state index contributed by atoms with van der Waals surface area (Å²) in [6.45, 7) is 1.63. The van der Waals surface area contributed by atoms with E-state index in [2.05, 4.69) is 56.3 Å². The van der Waals surface area contributed by atoms with Crippen LogP contribution >= 0.6 is 15.6 Å². The molecule has 6 nitrogen and oxygen atoms in total. The molecule has 4 aromatic heterocycles. The molecule has 0 amide bonds. The maximum atomic E-state index is 9.87. The number of hydrogen-bond acceptors (Lipinski definition) is 2. The van der Waals surface area contributed by atoms with E-state index in [0.29, 0.717) is 0 Å². The van der Waals surface area contributed by atoms with Crippen molar-refractivity contribution < 1.29 is 59.5 Å². The van der Waals surface area contributed by atoms with Gasteiger partial charge in [-0.3, -0.25) is 9.97 Å². The average molecular weight is 636 g/mol. The molecular weight excluding hydrogens is 614 g/mol. The molecule has 0 saturated heterocycles. The molecule has 0 N–H and O–H groups in total. The molecule has 0 aliphatic rings. The van der Waals surface area contributed by atoms with Crippen molar-refractivity contribution in [3.8, 4) is 11.4 Å². The molecule has 0 atom stereocenters. The fraction of sp³-hybridized carbons (Fsp3) is 0.200. The van der Waals surface area contributed by atoms with E-state index >= 15 is 0 Å². The van der Waals surface area contributed by atoms with Crippen molar-refractivity contribution in [3.05, 3.63) is 85.2 Å². The molecule has 20 heteroatoms. The molecule has 0 aliphatic carbocycles. The number of aromatic nitrogens is 6. The van der Waals surface area contributed by atoms with Crippen LogP contribution in [0, 0.1) is 0 Å². The number of imidazole rings is 2. The average Bonchev–Trinajstić information content (AvgIpc) is 3.32. The minimum absolute atomic E-state index is 0.814. The van der Waals surface area contributed by atoms with E-state index in [4.69, 9.17) is 0 Å². The van der Waals surface area contributed by atoms with Gasteiger partial charge in [0.2, 0.25) is 12.7 Å². The van der Waals surface area contributed by atoms with Gasteiger partial charge in [0.25, 0.3) is 0 Å². The van der Waals surface area contributed by atoms with E-state index in [0.717, 1.165) is 24.5 Å². The van der Waals surface area contributed by atoms with Crippen molar-refractivity contribution in [3.63, 3.8) is 0 Å². The molecule has 0 unspecified atom stereocenters. The first-order valence-corrected chi connectivity index (χ1v) is 14.7. The Balaban J connectivity index is 0.000000333. The monoisotopic (exact) mass is 636 g/mol. The molecule has 4 rings (SSSR count). The first-order valence-electron chi connectivity index (χ1n) is 10.6. The summed E-state index contributed by atoms with van der Waals surface area (Å²) in [5.74, 6) is 0. The van der Waals surface area contributed by atoms with Crippen molar-refractivity contribution in [2.45, 2.75) is 13.1 Å². The molecule has 0 aliphatic heterocycles. The molecule has 0 fully saturated rings. The molecule has 226 valence electrons. The summed E-state index contributed by atoms with van der Waals surface area (Å²) < 4.78 is 127. The Kier molecular flexibility index (Phi) is 7.98. The van der Waals surface area contributed by atoms with E-state index in [1.165, 1.54) is 11.1 Å². The van der Waals surface area contributed by atoms with Crippen LogP contribution in [-0.4, -0.2) is 19.1 Å². The second-order valence-corrected chi connectivity index (χ2v) is 12.4. The summed E-state index contributed by atoms with van der Waals surface area (Å²) in [7, 11) is -17.3. The Morgan fingerprint density at radius 3 is 1.07 bits per heavy atom. The van der Waals surface area contributed by atoms with Gasteiger partial charge in [0, 0.05) is 23.5 Å². The number of pyridine rings is 2. The predicted molar refractivity (Wildman–Crippen MR) is 124 cm³/mol. The van der Waals surface area contributed by atoms with Crippen LogP contribution in [0.4, 0.5) is 50.4 Å². The molecule has 0 spiro atoms. The van der Waals surface area contributed by atoms with Crippen molar-refractivity contribution >= 4 is 15.6 Å². The van der Waals surface area contributed by atoms with Gasteiger partial charge >= 0.3 is 66.0 Å². The Labute approximate surface area is 218 Å². The number of hydrogen-bond donors (Lipinski definition) is 0. The van der Waals surface area contributed by atoms with Crippen molar-refractivity contribution in [2.24, 2.45) is 14.1 Å². The van der Waals surface area contributed by atoms with Gasteiger partial charge in [0.05, 0.1) is 25.5 Å². The van der Waals surface area contributed by atoms with Crippen LogP contribution in [0.1, 0.15) is 11.1 Å². The van der Waals surface area contributed by atoms with Crippen LogP contribution in [0.5, 0.6) is 0 Å². The Bertz CT molecular complexity index is 1290. The molecule has 0 bridgehead atoms. The predicted octanol–water partition coefficient (Wildman–Crippen LogP) is 8.26. The van der Waals surface area contributed by atoms with Crippen LogP contribution in [0.2, 0.25) is 0 Å². The number of halogens is 12. The van der Waals surface area contributed by atoms with Crippen LogP contribution in [0.3, 0.4) is 0 Å². The van der Waals surface area contributed by atoms with Crippen LogP contribution in [0.15, 0.2) is 74.1 Å². The standard InChI is InChI=1S/C20H22N6.2F6P/c1-23-7-9-25(15-23)13-17-3-5-19(21-11-17)20-6-4-18(12-22-20)14-26-10-8-24(2)16-26;2*1-7(2,3,4,5)6/h3-12,15-16H,13-14H2,1-2H3;;/q+2;2*-1. The van der Waals surface area contributed by atoms with E-state index in [1.54, 1.807) is 0 Å². The summed E-state index contributed by atoms with van der Waals surface area (Å²) >= 11 is 0. The van der Waals surface area contributed by atoms with Crippen LogP contribution in [0.25, 0.3) is 11.4 Å². The zero-order valence-corrected chi connectivity index (χ0v) is 22.2. The van der Waals surface area contributed by atoms with Crippen molar-refractivity contribution in [1.82, 2.24) is 19.1 Å². The third kappa shape index (κ3) is 18.1. The SMILES string of the molecule is C[n+]1ccn(Cc2ccc(-c3ccc(Cn4cc[n+](C)c4)cn3)nc2)c1.F[P-](F)(F)(F)(F)F.F[P-](F)(F)(F)(F)F. The van der Waals surface area contributed by atoms with E-state index in [9.17, 15) is 50.4 Å². The van der Waals surface area contributed by atoms with E-state index in [1.807, 2.05) is 60.1 Å². The van der Waals surface area contributed by atoms with Crippen LogP contribution < -0.4 is 9.13 Å². The number of nitrogens with zero attached hydrogens (tertiary/aromatic N) is 6. The van der Waals surface area contributed by atoms with Gasteiger partial charge in [0.1, 0.15) is 37.9 Å². The van der Waals surface area contributed by atoms with Crippen molar-refractivity contribution in [1.29, 1.82) is 0 Å². The summed E-state index contributed by atoms with van der Waals surface area (Å²) in [5.41, 5.74) is 4.13. The number of rotatable bonds is 5. The molecular formula is C20H22F12N6P2. The molecule has 40 heavy (non-hydrogen) atoms. The summed E-state index contributed by atoms with van der Waals surface area (Å²) in [5, 5.41) is 0. The van der Waals surface area contributed by atoms with Gasteiger partial charge in [0.15, 0.2) is 0 Å². The summed E-state index contributed by atoms with van der Waals surface area (Å²) in [4.78, 5) is 9.16. The fourth-order valence-corrected chi connectivity index (χ4v) is 2.95. The maximum absolute atomic E-state index is 10.7. The minimum atomic E-state index is -10.7. The fourth-order valence-electron chi connectivity index (χ4n) is 2.95. The molecule has 4 heterocycles. The zero-order valence-electron chi connectivity index (χ0n) is 20.5. The summed E-state index contributed by atoms with van der Waals surface area (Å²) in [6, 6.07) is 8.29. The second kappa shape index (κ2) is 9.68. The van der Waals surface area contributed by atoms with E-state index < -0.39 is 15.6 Å². The Hall–Kier alpha value is -3.26. The van der Waals surface area contributed by atoms with Crippen molar-refractivity contribution in [2.75, 3.05) is 0 Å². The zero-order chi connectivity index (χ0) is 30.7. The second-order valence-electron chi connectivity index (χ2n) is 8.52. The van der Waals surface area contributed by atoms with Gasteiger partial charge in [-0.25, -0.2) is 18.3 Å². The molecule has 4 aromatic rings. The Morgan fingerprint density at radius 2 is 0.875 bits per heavy atom. The van der Waals surface area contributed by atoms with Gasteiger partial charge < -0.3 is 0 Å². The number of aryl methyl sites for hydroxylation is 2. The third-order valence-electron chi connectivity index (χ3n) is 4.29. The first-order chi connectivity index (χ1) is 17.6. The van der Waals surface area contributed by atoms with Gasteiger partial charge in [-0.2, -0.15) is 0 Å². The molecule has 0 saturated carbocycles. The van der Waals surface area contributed by atoms with E-state index in [-0.39, 0.29) is 0 Å². The normalized spacial score (nSPS) is 15.2. The molecule has 0 radical (unpaired) electrons. The van der Waals surface area contributed by atoms with Gasteiger partial charge in [-0.1, -0.05) is 12.1 Å². The molecule has 0 aromatic carbocycles. The van der Waals surface area contributed by atoms with Gasteiger partial charge in [-0.15, -0.1) is 0 Å². The van der Waals surface area contributed by atoms with Gasteiger partial charge in [-0.05, 0) is 12.1 Å². The quantitative estimate of drug-likeness (QED) is 0.126. The first kappa shape index (κ1) is 32.9. The summed E-state index contributed by atoms with van der Waals surface area (Å²) in [6.07, 6.45) is 16.1. The Morgan fingerprint density at radius 1 is 0.575 bits per heavy atom.